The highest BCUT2D eigenvalue weighted by Gasteiger charge is 2.84. The molecular weight excluding hydrogens is 436 g/mol. The lowest BCUT2D eigenvalue weighted by atomic mass is 9.44. The maximum Gasteiger partial charge on any atom is 0.315 e. The molecule has 4 heterocycles. The average molecular weight is 473 g/mol. The van der Waals surface area contributed by atoms with E-state index in [0.29, 0.717) is 11.7 Å². The number of aliphatic hydroxyl groups excluding tert-OH is 1. The van der Waals surface area contributed by atoms with Crippen LogP contribution in [-0.4, -0.2) is 86.0 Å². The Bertz CT molecular complexity index is 792. The molecule has 3 unspecified atom stereocenters. The van der Waals surface area contributed by atoms with Crippen LogP contribution in [0.5, 0.6) is 0 Å². The number of ether oxygens (including phenoxy) is 2. The van der Waals surface area contributed by atoms with Crippen molar-refractivity contribution in [3.05, 3.63) is 0 Å². The zero-order chi connectivity index (χ0) is 23.6. The van der Waals surface area contributed by atoms with Crippen molar-refractivity contribution in [2.45, 2.75) is 99.5 Å². The predicted octanol–water partition coefficient (Wildman–Crippen LogP) is 0.687. The molecule has 5 fully saturated rings. The van der Waals surface area contributed by atoms with Gasteiger partial charge in [-0.2, -0.15) is 11.8 Å². The summed E-state index contributed by atoms with van der Waals surface area (Å²) in [6.45, 7) is 6.21. The maximum atomic E-state index is 12.4. The molecule has 5 N–H and O–H groups in total. The molecule has 4 saturated heterocycles. The van der Waals surface area contributed by atoms with E-state index in [4.69, 9.17) is 9.47 Å². The Balaban J connectivity index is 1.25. The Labute approximate surface area is 193 Å². The fourth-order valence-corrected chi connectivity index (χ4v) is 7.68. The fraction of sp³-hybridized carbons (Fsp3) is 0.909. The van der Waals surface area contributed by atoms with Crippen molar-refractivity contribution in [3.8, 4) is 0 Å². The van der Waals surface area contributed by atoms with E-state index in [1.165, 1.54) is 0 Å². The van der Waals surface area contributed by atoms with Gasteiger partial charge in [-0.1, -0.05) is 13.3 Å². The Morgan fingerprint density at radius 3 is 2.56 bits per heavy atom. The SMILES string of the molecule is CC1(O)C2(C)O[C@](CO)(C[C@]1(C)COC(=O)CCCCC1SC[C@@H]3NC(=O)N[C@H]13)[C@@]2(C)O. The minimum Gasteiger partial charge on any atom is -0.465 e. The minimum atomic E-state index is -1.48. The van der Waals surface area contributed by atoms with E-state index in [-0.39, 0.29) is 50.1 Å². The molecule has 1 aliphatic carbocycles. The van der Waals surface area contributed by atoms with Crippen molar-refractivity contribution >= 4 is 23.8 Å². The van der Waals surface area contributed by atoms with Gasteiger partial charge in [0, 0.05) is 22.8 Å². The van der Waals surface area contributed by atoms with E-state index in [0.717, 1.165) is 18.6 Å². The van der Waals surface area contributed by atoms with Gasteiger partial charge < -0.3 is 35.4 Å². The number of nitrogens with one attached hydrogen (secondary N) is 2. The number of amides is 2. The largest absolute Gasteiger partial charge is 0.465 e. The first-order valence-electron chi connectivity index (χ1n) is 11.4. The lowest BCUT2D eigenvalue weighted by Crippen LogP contribution is -2.93. The van der Waals surface area contributed by atoms with Crippen molar-refractivity contribution in [3.63, 3.8) is 0 Å². The zero-order valence-corrected chi connectivity index (χ0v) is 20.1. The monoisotopic (exact) mass is 472 g/mol. The standard InChI is InChI=1S/C22H36N2O7S/c1-18(10-22(11-25)20(3,29)21(4,31-22)19(18,2)28)12-30-15(26)8-6-5-7-14-16-13(9-32-14)23-17(27)24-16/h13-14,16,25,28-29H,5-12H2,1-4H3,(H2,23,24,27)/t13-,14?,16-,18+,19?,20-,21?,22-/m0/s1. The Morgan fingerprint density at radius 2 is 1.91 bits per heavy atom. The second-order valence-electron chi connectivity index (χ2n) is 10.7. The number of esters is 1. The molecule has 4 aliphatic heterocycles. The number of fused-ring (bicyclic) bond motifs is 3. The zero-order valence-electron chi connectivity index (χ0n) is 19.3. The molecule has 5 rings (SSSR count). The summed E-state index contributed by atoms with van der Waals surface area (Å²) in [4.78, 5) is 23.9. The summed E-state index contributed by atoms with van der Waals surface area (Å²) >= 11 is 1.86. The van der Waals surface area contributed by atoms with Gasteiger partial charge in [-0.3, -0.25) is 4.79 Å². The normalized spacial score (nSPS) is 49.1. The van der Waals surface area contributed by atoms with Gasteiger partial charge in [0.2, 0.25) is 0 Å². The number of thioether (sulfide) groups is 1. The van der Waals surface area contributed by atoms with Gasteiger partial charge in [-0.25, -0.2) is 4.79 Å². The smallest absolute Gasteiger partial charge is 0.315 e. The van der Waals surface area contributed by atoms with E-state index in [9.17, 15) is 24.9 Å². The first kappa shape index (κ1) is 24.1. The third kappa shape index (κ3) is 3.20. The van der Waals surface area contributed by atoms with Gasteiger partial charge in [-0.05, 0) is 40.0 Å². The molecule has 1 saturated carbocycles. The third-order valence-electron chi connectivity index (χ3n) is 8.86. The van der Waals surface area contributed by atoms with Crippen LogP contribution in [0.2, 0.25) is 0 Å². The molecule has 0 radical (unpaired) electrons. The molecule has 10 heteroatoms. The summed E-state index contributed by atoms with van der Waals surface area (Å²) in [6.07, 6.45) is 2.93. The maximum absolute atomic E-state index is 12.4. The summed E-state index contributed by atoms with van der Waals surface area (Å²) < 4.78 is 11.4. The van der Waals surface area contributed by atoms with Crippen LogP contribution in [0.3, 0.4) is 0 Å². The third-order valence-corrected chi connectivity index (χ3v) is 10.4. The van der Waals surface area contributed by atoms with Crippen molar-refractivity contribution in [2.75, 3.05) is 19.0 Å². The molecular formula is C22H36N2O7S. The topological polar surface area (TPSA) is 137 Å². The fourth-order valence-electron chi connectivity index (χ4n) is 6.14. The molecule has 0 aromatic rings. The Morgan fingerprint density at radius 1 is 1.19 bits per heavy atom. The highest BCUT2D eigenvalue weighted by molar-refractivity contribution is 8.00. The van der Waals surface area contributed by atoms with E-state index >= 15 is 0 Å². The number of hydrogen-bond acceptors (Lipinski definition) is 8. The molecule has 182 valence electrons. The van der Waals surface area contributed by atoms with Crippen molar-refractivity contribution in [2.24, 2.45) is 5.41 Å². The summed E-state index contributed by atoms with van der Waals surface area (Å²) in [5.41, 5.74) is -6.25. The lowest BCUT2D eigenvalue weighted by molar-refractivity contribution is -0.488. The number of urea groups is 1. The van der Waals surface area contributed by atoms with Gasteiger partial charge >= 0.3 is 12.0 Å². The van der Waals surface area contributed by atoms with Gasteiger partial charge in [0.25, 0.3) is 0 Å². The second-order valence-corrected chi connectivity index (χ2v) is 12.0. The number of unbranched alkanes of at least 4 members (excludes halogenated alkanes) is 1. The van der Waals surface area contributed by atoms with Crippen LogP contribution < -0.4 is 10.6 Å². The van der Waals surface area contributed by atoms with Crippen LogP contribution in [0.25, 0.3) is 0 Å². The van der Waals surface area contributed by atoms with E-state index in [1.54, 1.807) is 27.7 Å². The van der Waals surface area contributed by atoms with Gasteiger partial charge in [0.15, 0.2) is 0 Å². The molecule has 0 aromatic carbocycles. The van der Waals surface area contributed by atoms with Crippen LogP contribution in [-0.2, 0) is 14.3 Å². The highest BCUT2D eigenvalue weighted by Crippen LogP contribution is 2.68. The number of carbonyl (C=O) groups excluding carboxylic acids is 2. The van der Waals surface area contributed by atoms with Crippen molar-refractivity contribution in [1.82, 2.24) is 10.6 Å². The van der Waals surface area contributed by atoms with E-state index < -0.39 is 27.8 Å². The van der Waals surface area contributed by atoms with Crippen LogP contribution in [0.1, 0.15) is 59.8 Å². The first-order chi connectivity index (χ1) is 14.8. The van der Waals surface area contributed by atoms with Crippen molar-refractivity contribution in [1.29, 1.82) is 0 Å². The number of rotatable bonds is 8. The number of aliphatic hydroxyl groups is 3. The molecule has 2 bridgehead atoms. The van der Waals surface area contributed by atoms with Crippen LogP contribution >= 0.6 is 11.8 Å². The minimum absolute atomic E-state index is 0.0183. The Hall–Kier alpha value is -1.07. The van der Waals surface area contributed by atoms with Crippen LogP contribution in [0, 0.1) is 5.41 Å². The van der Waals surface area contributed by atoms with E-state index in [1.807, 2.05) is 11.8 Å². The van der Waals surface area contributed by atoms with Crippen molar-refractivity contribution < 1.29 is 34.4 Å². The lowest BCUT2D eigenvalue weighted by Gasteiger charge is -2.77. The Kier molecular flexibility index (Phi) is 5.81. The number of carbonyl (C=O) groups is 2. The van der Waals surface area contributed by atoms with Gasteiger partial charge in [0.05, 0.1) is 25.3 Å². The molecule has 9 nitrogen and oxygen atoms in total. The molecule has 0 aromatic heterocycles. The number of hydrogen-bond donors (Lipinski definition) is 5. The van der Waals surface area contributed by atoms with Gasteiger partial charge in [-0.15, -0.1) is 0 Å². The molecule has 5 aliphatic rings. The first-order valence-corrected chi connectivity index (χ1v) is 12.5. The summed E-state index contributed by atoms with van der Waals surface area (Å²) in [5.74, 6) is 0.587. The van der Waals surface area contributed by atoms with E-state index in [2.05, 4.69) is 10.6 Å². The van der Waals surface area contributed by atoms with Crippen LogP contribution in [0.15, 0.2) is 0 Å². The van der Waals surface area contributed by atoms with Crippen LogP contribution in [0.4, 0.5) is 4.79 Å². The summed E-state index contributed by atoms with van der Waals surface area (Å²) in [5, 5.41) is 38.5. The average Bonchev–Trinajstić information content (AvgIpc) is 3.27. The molecule has 2 amide bonds. The molecule has 0 spiro atoms. The quantitative estimate of drug-likeness (QED) is 0.198. The predicted molar refractivity (Wildman–Crippen MR) is 118 cm³/mol. The van der Waals surface area contributed by atoms with Gasteiger partial charge in [0.1, 0.15) is 22.4 Å². The summed E-state index contributed by atoms with van der Waals surface area (Å²) in [6, 6.07) is 0.271. The molecule has 32 heavy (non-hydrogen) atoms. The highest BCUT2D eigenvalue weighted by atomic mass is 32.2. The second kappa shape index (κ2) is 7.73. The molecule has 8 atom stereocenters. The summed E-state index contributed by atoms with van der Waals surface area (Å²) in [7, 11) is 0.